The zero-order valence-corrected chi connectivity index (χ0v) is 13.0. The van der Waals surface area contributed by atoms with E-state index in [-0.39, 0.29) is 0 Å². The third kappa shape index (κ3) is 2.63. The first kappa shape index (κ1) is 12.8. The van der Waals surface area contributed by atoms with Crippen molar-refractivity contribution in [3.8, 4) is 0 Å². The molecule has 0 N–H and O–H groups in total. The zero-order valence-electron chi connectivity index (χ0n) is 12.0. The number of fused-ring (bicyclic) bond motifs is 1. The second-order valence-electron chi connectivity index (χ2n) is 7.05. The fourth-order valence-corrected chi connectivity index (χ4v) is 5.97. The third-order valence-corrected chi connectivity index (χ3v) is 5.84. The Morgan fingerprint density at radius 1 is 1.24 bits per heavy atom. The summed E-state index contributed by atoms with van der Waals surface area (Å²) in [5.41, 5.74) is 3.16. The van der Waals surface area contributed by atoms with Gasteiger partial charge < -0.3 is 4.48 Å². The molecule has 94 valence electrons. The van der Waals surface area contributed by atoms with Crippen LogP contribution in [0.25, 0.3) is 0 Å². The van der Waals surface area contributed by atoms with Crippen LogP contribution in [0.1, 0.15) is 24.1 Å². The Morgan fingerprint density at radius 3 is 2.53 bits per heavy atom. The molecule has 2 heteroatoms. The summed E-state index contributed by atoms with van der Waals surface area (Å²) in [6.45, 7) is 11.2. The second kappa shape index (κ2) is 4.25. The van der Waals surface area contributed by atoms with Crippen molar-refractivity contribution in [2.45, 2.75) is 39.0 Å². The zero-order chi connectivity index (χ0) is 12.7. The maximum absolute atomic E-state index is 2.49. The van der Waals surface area contributed by atoms with Crippen molar-refractivity contribution in [1.82, 2.24) is 0 Å². The highest BCUT2D eigenvalue weighted by atomic mass is 28.3. The lowest BCUT2D eigenvalue weighted by Gasteiger charge is -2.47. The van der Waals surface area contributed by atoms with Crippen LogP contribution in [0.15, 0.2) is 24.3 Å². The maximum atomic E-state index is 2.49. The fourth-order valence-electron chi connectivity index (χ4n) is 3.37. The molecule has 0 spiro atoms. The molecule has 0 aliphatic carbocycles. The Kier molecular flexibility index (Phi) is 3.21. The predicted octanol–water partition coefficient (Wildman–Crippen LogP) is 3.63. The van der Waals surface area contributed by atoms with Crippen LogP contribution >= 0.6 is 0 Å². The van der Waals surface area contributed by atoms with Gasteiger partial charge in [0.2, 0.25) is 0 Å². The van der Waals surface area contributed by atoms with E-state index in [9.17, 15) is 0 Å². The van der Waals surface area contributed by atoms with Gasteiger partial charge in [-0.25, -0.2) is 0 Å². The molecule has 0 unspecified atom stereocenters. The fraction of sp³-hybridized carbons (Fsp3) is 0.600. The van der Waals surface area contributed by atoms with Crippen LogP contribution in [0.2, 0.25) is 19.6 Å². The maximum Gasteiger partial charge on any atom is 0.112 e. The van der Waals surface area contributed by atoms with Crippen LogP contribution in [-0.4, -0.2) is 32.3 Å². The molecular weight excluding hydrogens is 222 g/mol. The highest BCUT2D eigenvalue weighted by Crippen LogP contribution is 2.35. The van der Waals surface area contributed by atoms with Crippen molar-refractivity contribution in [2.24, 2.45) is 0 Å². The molecule has 1 aromatic rings. The number of nitrogens with zero attached hydrogens (tertiary/aromatic N) is 1. The summed E-state index contributed by atoms with van der Waals surface area (Å²) in [6.07, 6.45) is 2.64. The minimum Gasteiger partial charge on any atom is -0.323 e. The minimum atomic E-state index is -1.01. The summed E-state index contributed by atoms with van der Waals surface area (Å²) in [7, 11) is 1.45. The third-order valence-electron chi connectivity index (χ3n) is 4.17. The number of likely N-dealkylation sites (N-methyl/N-ethyl adjacent to an activating group) is 1. The summed E-state index contributed by atoms with van der Waals surface area (Å²) in [4.78, 5) is 0. The molecular formula is C15H26NSi+. The molecule has 2 atom stereocenters. The molecule has 1 heterocycles. The normalized spacial score (nSPS) is 28.9. The lowest BCUT2D eigenvalue weighted by Crippen LogP contribution is -2.57. The Balaban J connectivity index is 2.30. The molecule has 2 rings (SSSR count). The summed E-state index contributed by atoms with van der Waals surface area (Å²) < 4.78 is 1.24. The first-order valence-corrected chi connectivity index (χ1v) is 10.4. The number of benzene rings is 1. The quantitative estimate of drug-likeness (QED) is 0.554. The van der Waals surface area contributed by atoms with E-state index < -0.39 is 8.07 Å². The molecule has 0 saturated carbocycles. The van der Waals surface area contributed by atoms with Gasteiger partial charge in [0.05, 0.1) is 19.8 Å². The van der Waals surface area contributed by atoms with Crippen molar-refractivity contribution >= 4 is 8.07 Å². The van der Waals surface area contributed by atoms with E-state index in [1.807, 2.05) is 0 Å². The molecule has 1 aliphatic rings. The van der Waals surface area contributed by atoms with Crippen LogP contribution in [0, 0.1) is 0 Å². The standard InChI is InChI=1S/C15H26NSi/c1-13-15-9-7-6-8-14(15)10-11-16(13,2)12-17(3,4)5/h6-9,13H,10-12H2,1-5H3/q+1/t13-,16-/m0/s1. The van der Waals surface area contributed by atoms with E-state index in [0.717, 1.165) is 0 Å². The number of hydrogen-bond acceptors (Lipinski definition) is 0. The molecule has 0 aromatic heterocycles. The molecule has 0 radical (unpaired) electrons. The summed E-state index contributed by atoms with van der Waals surface area (Å²) in [6, 6.07) is 9.68. The van der Waals surface area contributed by atoms with Crippen LogP contribution < -0.4 is 0 Å². The van der Waals surface area contributed by atoms with Gasteiger partial charge in [-0.15, -0.1) is 0 Å². The van der Waals surface area contributed by atoms with E-state index in [1.165, 1.54) is 23.6 Å². The highest BCUT2D eigenvalue weighted by Gasteiger charge is 2.39. The lowest BCUT2D eigenvalue weighted by molar-refractivity contribution is -0.930. The summed E-state index contributed by atoms with van der Waals surface area (Å²) in [5, 5.41) is 0. The molecule has 0 saturated heterocycles. The van der Waals surface area contributed by atoms with Gasteiger partial charge in [-0.3, -0.25) is 0 Å². The average molecular weight is 248 g/mol. The lowest BCUT2D eigenvalue weighted by atomic mass is 9.92. The van der Waals surface area contributed by atoms with Gasteiger partial charge in [-0.05, 0) is 12.5 Å². The smallest absolute Gasteiger partial charge is 0.112 e. The Morgan fingerprint density at radius 2 is 1.88 bits per heavy atom. The molecule has 0 amide bonds. The van der Waals surface area contributed by atoms with Crippen molar-refractivity contribution in [3.63, 3.8) is 0 Å². The first-order chi connectivity index (χ1) is 7.82. The van der Waals surface area contributed by atoms with Gasteiger partial charge in [0.1, 0.15) is 14.1 Å². The van der Waals surface area contributed by atoms with E-state index >= 15 is 0 Å². The SMILES string of the molecule is C[C@H]1c2ccccc2CC[N@@+]1(C)C[Si](C)(C)C. The van der Waals surface area contributed by atoms with Gasteiger partial charge in [0.25, 0.3) is 0 Å². The average Bonchev–Trinajstić information content (AvgIpc) is 2.22. The van der Waals surface area contributed by atoms with Crippen molar-refractivity contribution in [1.29, 1.82) is 0 Å². The van der Waals surface area contributed by atoms with Gasteiger partial charge in [-0.2, -0.15) is 0 Å². The Labute approximate surface area is 107 Å². The number of quaternary nitrogens is 1. The van der Waals surface area contributed by atoms with Gasteiger partial charge in [0.15, 0.2) is 0 Å². The molecule has 0 fully saturated rings. The highest BCUT2D eigenvalue weighted by molar-refractivity contribution is 6.76. The Hall–Kier alpha value is -0.603. The molecule has 1 aliphatic heterocycles. The predicted molar refractivity (Wildman–Crippen MR) is 77.8 cm³/mol. The topological polar surface area (TPSA) is 0 Å². The van der Waals surface area contributed by atoms with Crippen molar-refractivity contribution in [3.05, 3.63) is 35.4 Å². The number of rotatable bonds is 2. The molecule has 0 bridgehead atoms. The molecule has 1 aromatic carbocycles. The first-order valence-electron chi connectivity index (χ1n) is 6.74. The van der Waals surface area contributed by atoms with Crippen molar-refractivity contribution < 1.29 is 4.48 Å². The summed E-state index contributed by atoms with van der Waals surface area (Å²) in [5.74, 6) is 0. The monoisotopic (exact) mass is 248 g/mol. The van der Waals surface area contributed by atoms with Gasteiger partial charge in [0, 0.05) is 12.0 Å². The van der Waals surface area contributed by atoms with E-state index in [4.69, 9.17) is 0 Å². The van der Waals surface area contributed by atoms with Crippen LogP contribution in [0.3, 0.4) is 0 Å². The van der Waals surface area contributed by atoms with Gasteiger partial charge in [-0.1, -0.05) is 43.9 Å². The van der Waals surface area contributed by atoms with Crippen LogP contribution in [-0.2, 0) is 6.42 Å². The van der Waals surface area contributed by atoms with E-state index in [0.29, 0.717) is 6.04 Å². The van der Waals surface area contributed by atoms with Crippen LogP contribution in [0.5, 0.6) is 0 Å². The van der Waals surface area contributed by atoms with Crippen LogP contribution in [0.4, 0.5) is 0 Å². The largest absolute Gasteiger partial charge is 0.323 e. The van der Waals surface area contributed by atoms with E-state index in [2.05, 4.69) is 57.9 Å². The van der Waals surface area contributed by atoms with Crippen molar-refractivity contribution in [2.75, 3.05) is 19.8 Å². The molecule has 17 heavy (non-hydrogen) atoms. The number of hydrogen-bond donors (Lipinski definition) is 0. The Bertz CT molecular complexity index is 408. The minimum absolute atomic E-state index is 0.659. The molecule has 1 nitrogen and oxygen atoms in total. The second-order valence-corrected chi connectivity index (χ2v) is 12.5. The summed E-state index contributed by atoms with van der Waals surface area (Å²) >= 11 is 0. The van der Waals surface area contributed by atoms with Gasteiger partial charge >= 0.3 is 0 Å². The van der Waals surface area contributed by atoms with E-state index in [1.54, 1.807) is 11.1 Å².